The Morgan fingerprint density at radius 1 is 1.44 bits per heavy atom. The molecule has 25 heavy (non-hydrogen) atoms. The highest BCUT2D eigenvalue weighted by molar-refractivity contribution is 8.18. The molecule has 6 nitrogen and oxygen atoms in total. The Hall–Kier alpha value is -2.45. The summed E-state index contributed by atoms with van der Waals surface area (Å²) in [5.41, 5.74) is 8.31. The van der Waals surface area contributed by atoms with Gasteiger partial charge < -0.3 is 5.73 Å². The summed E-state index contributed by atoms with van der Waals surface area (Å²) in [5, 5.41) is 9.92. The Balaban J connectivity index is 2.02. The van der Waals surface area contributed by atoms with E-state index in [0.717, 1.165) is 16.1 Å². The molecule has 0 spiro atoms. The zero-order valence-electron chi connectivity index (χ0n) is 13.9. The zero-order chi connectivity index (χ0) is 18.0. The number of hydrogen-bond acceptors (Lipinski definition) is 7. The van der Waals surface area contributed by atoms with Crippen molar-refractivity contribution in [1.82, 2.24) is 15.1 Å². The van der Waals surface area contributed by atoms with E-state index in [9.17, 15) is 4.79 Å². The number of benzene rings is 1. The maximum Gasteiger partial charge on any atom is 0.267 e. The van der Waals surface area contributed by atoms with Crippen molar-refractivity contribution in [3.05, 3.63) is 52.4 Å². The van der Waals surface area contributed by atoms with Crippen molar-refractivity contribution in [3.8, 4) is 0 Å². The van der Waals surface area contributed by atoms with Crippen molar-refractivity contribution in [3.63, 3.8) is 0 Å². The van der Waals surface area contributed by atoms with Crippen molar-refractivity contribution < 1.29 is 4.79 Å². The molecular weight excluding hydrogens is 354 g/mol. The van der Waals surface area contributed by atoms with Gasteiger partial charge in [-0.25, -0.2) is 0 Å². The monoisotopic (exact) mass is 371 g/mol. The van der Waals surface area contributed by atoms with Crippen LogP contribution in [0.5, 0.6) is 0 Å². The third-order valence-electron chi connectivity index (χ3n) is 3.54. The summed E-state index contributed by atoms with van der Waals surface area (Å²) in [6, 6.07) is 7.49. The first-order valence-corrected chi connectivity index (χ1v) is 9.19. The molecule has 8 heteroatoms. The van der Waals surface area contributed by atoms with Crippen LogP contribution in [0.4, 0.5) is 10.8 Å². The number of aliphatic imine (C=N–C) groups is 1. The lowest BCUT2D eigenvalue weighted by atomic mass is 10.1. The molecule has 0 saturated carbocycles. The molecule has 128 valence electrons. The number of aryl methyl sites for hydroxylation is 1. The minimum atomic E-state index is -0.0928. The average molecular weight is 371 g/mol. The lowest BCUT2D eigenvalue weighted by Gasteiger charge is -2.12. The maximum atomic E-state index is 12.9. The van der Waals surface area contributed by atoms with Gasteiger partial charge in [0.25, 0.3) is 5.91 Å². The number of nitrogens with zero attached hydrogens (tertiary/aromatic N) is 4. The molecule has 1 amide bonds. The van der Waals surface area contributed by atoms with Crippen molar-refractivity contribution in [2.45, 2.75) is 13.8 Å². The molecule has 3 rings (SSSR count). The standard InChI is InChI=1S/C17H17N5OS2/c1-4-8-22-15(23)14(10(2)12-6-5-7-13(18)9-12)25-17(22)19-16-21-20-11(3)24-16/h4-7,9H,1,8,18H2,2-3H3/b14-10-,19-17+. The van der Waals surface area contributed by atoms with Crippen LogP contribution >= 0.6 is 23.1 Å². The molecule has 1 aliphatic heterocycles. The lowest BCUT2D eigenvalue weighted by Crippen LogP contribution is -2.29. The van der Waals surface area contributed by atoms with Crippen molar-refractivity contribution in [2.75, 3.05) is 12.3 Å². The number of carbonyl (C=O) groups is 1. The van der Waals surface area contributed by atoms with Crippen molar-refractivity contribution >= 4 is 50.6 Å². The highest BCUT2D eigenvalue weighted by Gasteiger charge is 2.34. The Morgan fingerprint density at radius 3 is 2.88 bits per heavy atom. The fourth-order valence-corrected chi connectivity index (χ4v) is 3.99. The van der Waals surface area contributed by atoms with Gasteiger partial charge in [-0.05, 0) is 48.9 Å². The van der Waals surface area contributed by atoms with Gasteiger partial charge in [0, 0.05) is 12.2 Å². The first-order valence-electron chi connectivity index (χ1n) is 7.56. The highest BCUT2D eigenvalue weighted by Crippen LogP contribution is 2.38. The zero-order valence-corrected chi connectivity index (χ0v) is 15.5. The number of amidine groups is 1. The first-order chi connectivity index (χ1) is 12.0. The summed E-state index contributed by atoms with van der Waals surface area (Å²) >= 11 is 2.72. The van der Waals surface area contributed by atoms with Gasteiger partial charge >= 0.3 is 0 Å². The van der Waals surface area contributed by atoms with Crippen LogP contribution in [0, 0.1) is 6.92 Å². The van der Waals surface area contributed by atoms with Gasteiger partial charge in [-0.3, -0.25) is 9.69 Å². The summed E-state index contributed by atoms with van der Waals surface area (Å²) in [5.74, 6) is -0.0928. The largest absolute Gasteiger partial charge is 0.399 e. The van der Waals surface area contributed by atoms with Crippen LogP contribution in [0.15, 0.2) is 46.8 Å². The smallest absolute Gasteiger partial charge is 0.267 e. The van der Waals surface area contributed by atoms with Crippen LogP contribution in [0.25, 0.3) is 5.57 Å². The number of allylic oxidation sites excluding steroid dienone is 1. The highest BCUT2D eigenvalue weighted by atomic mass is 32.2. The van der Waals surface area contributed by atoms with Gasteiger partial charge in [-0.1, -0.05) is 29.5 Å². The number of aromatic nitrogens is 2. The molecule has 1 saturated heterocycles. The number of thioether (sulfide) groups is 1. The molecule has 2 heterocycles. The SMILES string of the molecule is C=CCN1C(=O)/C(=C(\C)c2cccc(N)c2)S/C1=N/c1nnc(C)s1. The minimum Gasteiger partial charge on any atom is -0.399 e. The molecule has 0 atom stereocenters. The van der Waals surface area contributed by atoms with E-state index in [1.807, 2.05) is 38.1 Å². The topological polar surface area (TPSA) is 84.5 Å². The second-order valence-electron chi connectivity index (χ2n) is 5.38. The van der Waals surface area contributed by atoms with Gasteiger partial charge in [0.1, 0.15) is 5.01 Å². The Kier molecular flexibility index (Phi) is 5.00. The fourth-order valence-electron chi connectivity index (χ4n) is 2.33. The fraction of sp³-hybridized carbons (Fsp3) is 0.176. The van der Waals surface area contributed by atoms with Crippen molar-refractivity contribution in [1.29, 1.82) is 0 Å². The van der Waals surface area contributed by atoms with Crippen LogP contribution in [-0.4, -0.2) is 32.7 Å². The van der Waals surface area contributed by atoms with E-state index in [-0.39, 0.29) is 5.91 Å². The molecule has 0 radical (unpaired) electrons. The maximum absolute atomic E-state index is 12.9. The Labute approximate surface area is 154 Å². The van der Waals surface area contributed by atoms with Gasteiger partial charge in [0.2, 0.25) is 5.13 Å². The molecule has 0 unspecified atom stereocenters. The molecule has 2 aromatic rings. The van der Waals surface area contributed by atoms with Crippen LogP contribution in [0.2, 0.25) is 0 Å². The van der Waals surface area contributed by atoms with E-state index in [0.29, 0.717) is 27.4 Å². The quantitative estimate of drug-likeness (QED) is 0.504. The van der Waals surface area contributed by atoms with E-state index < -0.39 is 0 Å². The molecule has 1 aromatic heterocycles. The van der Waals surface area contributed by atoms with Gasteiger partial charge in [0.05, 0.1) is 4.91 Å². The molecule has 0 aliphatic carbocycles. The van der Waals surface area contributed by atoms with Gasteiger partial charge in [-0.15, -0.1) is 16.8 Å². The number of hydrogen-bond donors (Lipinski definition) is 1. The molecule has 1 aliphatic rings. The Morgan fingerprint density at radius 2 is 2.24 bits per heavy atom. The van der Waals surface area contributed by atoms with E-state index in [1.165, 1.54) is 23.1 Å². The number of nitrogen functional groups attached to an aromatic ring is 1. The van der Waals surface area contributed by atoms with Gasteiger partial charge in [0.15, 0.2) is 5.17 Å². The van der Waals surface area contributed by atoms with E-state index in [4.69, 9.17) is 5.73 Å². The summed E-state index contributed by atoms with van der Waals surface area (Å²) in [6.07, 6.45) is 1.68. The number of rotatable bonds is 4. The summed E-state index contributed by atoms with van der Waals surface area (Å²) in [6.45, 7) is 7.89. The molecular formula is C17H17N5OS2. The predicted octanol–water partition coefficient (Wildman–Crippen LogP) is 3.61. The molecule has 1 fully saturated rings. The summed E-state index contributed by atoms with van der Waals surface area (Å²) < 4.78 is 0. The van der Waals surface area contributed by atoms with E-state index in [2.05, 4.69) is 21.8 Å². The van der Waals surface area contributed by atoms with Crippen LogP contribution in [-0.2, 0) is 4.79 Å². The van der Waals surface area contributed by atoms with Crippen LogP contribution < -0.4 is 5.73 Å². The van der Waals surface area contributed by atoms with Crippen LogP contribution in [0.1, 0.15) is 17.5 Å². The Bertz CT molecular complexity index is 900. The predicted molar refractivity (Wildman–Crippen MR) is 105 cm³/mol. The molecule has 1 aromatic carbocycles. The normalized spacial score (nSPS) is 18.1. The number of nitrogens with two attached hydrogens (primary N) is 1. The van der Waals surface area contributed by atoms with E-state index >= 15 is 0 Å². The number of anilines is 1. The first kappa shape index (κ1) is 17.4. The number of amides is 1. The van der Waals surface area contributed by atoms with E-state index in [1.54, 1.807) is 11.0 Å². The minimum absolute atomic E-state index is 0.0928. The summed E-state index contributed by atoms with van der Waals surface area (Å²) in [7, 11) is 0. The van der Waals surface area contributed by atoms with Crippen molar-refractivity contribution in [2.24, 2.45) is 4.99 Å². The third kappa shape index (κ3) is 3.64. The molecule has 2 N–H and O–H groups in total. The summed E-state index contributed by atoms with van der Waals surface area (Å²) in [4.78, 5) is 19.6. The average Bonchev–Trinajstić information content (AvgIpc) is 3.12. The van der Waals surface area contributed by atoms with Crippen LogP contribution in [0.3, 0.4) is 0 Å². The lowest BCUT2D eigenvalue weighted by molar-refractivity contribution is -0.121. The molecule has 0 bridgehead atoms. The second-order valence-corrected chi connectivity index (χ2v) is 7.52. The third-order valence-corrected chi connectivity index (χ3v) is 5.45. The second kappa shape index (κ2) is 7.20. The van der Waals surface area contributed by atoms with Gasteiger partial charge in [-0.2, -0.15) is 4.99 Å². The number of carbonyl (C=O) groups excluding carboxylic acids is 1.